The number of halogens is 2. The lowest BCUT2D eigenvalue weighted by atomic mass is 10.2. The summed E-state index contributed by atoms with van der Waals surface area (Å²) in [5, 5.41) is 7.22. The van der Waals surface area contributed by atoms with Gasteiger partial charge in [0, 0.05) is 13.1 Å². The van der Waals surface area contributed by atoms with Gasteiger partial charge in [-0.15, -0.1) is 0 Å². The maximum absolute atomic E-state index is 13.8. The Bertz CT molecular complexity index is 1080. The first-order valence-electron chi connectivity index (χ1n) is 7.98. The Morgan fingerprint density at radius 3 is 2.85 bits per heavy atom. The number of cyclic esters (lactones) is 1. The Morgan fingerprint density at radius 2 is 2.15 bits per heavy atom. The van der Waals surface area contributed by atoms with Crippen LogP contribution in [0.3, 0.4) is 0 Å². The minimum atomic E-state index is -1.09. The summed E-state index contributed by atoms with van der Waals surface area (Å²) < 4.78 is 33.3. The number of pyridine rings is 1. The monoisotopic (exact) mass is 373 g/mol. The van der Waals surface area contributed by atoms with Crippen LogP contribution in [0.4, 0.5) is 25.1 Å². The third-order valence-electron chi connectivity index (χ3n) is 4.16. The van der Waals surface area contributed by atoms with E-state index in [9.17, 15) is 18.4 Å². The van der Waals surface area contributed by atoms with Gasteiger partial charge in [-0.3, -0.25) is 14.4 Å². The zero-order valence-corrected chi connectivity index (χ0v) is 14.1. The SMILES string of the molecule is Cn1nc(NC(=O)c2ncc(F)cc2F)c2c(N3CCOC3=O)cccc21. The van der Waals surface area contributed by atoms with Crippen molar-refractivity contribution in [2.24, 2.45) is 7.05 Å². The van der Waals surface area contributed by atoms with Gasteiger partial charge in [0.1, 0.15) is 12.4 Å². The van der Waals surface area contributed by atoms with Crippen molar-refractivity contribution < 1.29 is 23.1 Å². The molecule has 3 aromatic rings. The van der Waals surface area contributed by atoms with E-state index in [1.54, 1.807) is 25.2 Å². The second-order valence-electron chi connectivity index (χ2n) is 5.85. The molecule has 1 fully saturated rings. The van der Waals surface area contributed by atoms with E-state index in [4.69, 9.17) is 4.74 Å². The predicted octanol–water partition coefficient (Wildman–Crippen LogP) is 2.46. The molecule has 0 atom stereocenters. The maximum Gasteiger partial charge on any atom is 0.414 e. The molecule has 27 heavy (non-hydrogen) atoms. The molecule has 138 valence electrons. The number of ether oxygens (including phenoxy) is 1. The summed E-state index contributed by atoms with van der Waals surface area (Å²) in [5.74, 6) is -2.73. The first-order valence-corrected chi connectivity index (χ1v) is 7.98. The zero-order valence-electron chi connectivity index (χ0n) is 14.1. The van der Waals surface area contributed by atoms with Crippen molar-refractivity contribution in [2.75, 3.05) is 23.4 Å². The summed E-state index contributed by atoms with van der Waals surface area (Å²) >= 11 is 0. The van der Waals surface area contributed by atoms with Crippen LogP contribution in [0, 0.1) is 11.6 Å². The molecule has 1 saturated heterocycles. The Hall–Kier alpha value is -3.56. The molecule has 1 N–H and O–H groups in total. The molecule has 1 aliphatic rings. The molecule has 1 aromatic carbocycles. The number of fused-ring (bicyclic) bond motifs is 1. The summed E-state index contributed by atoms with van der Waals surface area (Å²) in [6.45, 7) is 0.607. The number of nitrogens with one attached hydrogen (secondary N) is 1. The van der Waals surface area contributed by atoms with Crippen molar-refractivity contribution in [1.29, 1.82) is 0 Å². The van der Waals surface area contributed by atoms with Gasteiger partial charge < -0.3 is 10.1 Å². The maximum atomic E-state index is 13.8. The number of aryl methyl sites for hydroxylation is 1. The fraction of sp³-hybridized carbons (Fsp3) is 0.176. The molecule has 2 aromatic heterocycles. The molecule has 0 radical (unpaired) electrons. The van der Waals surface area contributed by atoms with Crippen molar-refractivity contribution in [3.05, 3.63) is 47.8 Å². The summed E-state index contributed by atoms with van der Waals surface area (Å²) in [6.07, 6.45) is 0.245. The fourth-order valence-electron chi connectivity index (χ4n) is 2.97. The van der Waals surface area contributed by atoms with E-state index in [0.717, 1.165) is 6.20 Å². The van der Waals surface area contributed by atoms with E-state index in [0.29, 0.717) is 29.2 Å². The number of aromatic nitrogens is 3. The van der Waals surface area contributed by atoms with E-state index in [1.165, 1.54) is 9.58 Å². The molecular formula is C17H13F2N5O3. The molecule has 2 amide bonds. The molecule has 3 heterocycles. The number of nitrogens with zero attached hydrogens (tertiary/aromatic N) is 4. The van der Waals surface area contributed by atoms with E-state index in [1.807, 2.05) is 0 Å². The average molecular weight is 373 g/mol. The van der Waals surface area contributed by atoms with E-state index < -0.39 is 29.3 Å². The van der Waals surface area contributed by atoms with Gasteiger partial charge >= 0.3 is 6.09 Å². The number of amides is 2. The van der Waals surface area contributed by atoms with Gasteiger partial charge in [0.25, 0.3) is 5.91 Å². The molecule has 1 aliphatic heterocycles. The van der Waals surface area contributed by atoms with Crippen LogP contribution in [-0.4, -0.2) is 39.9 Å². The summed E-state index contributed by atoms with van der Waals surface area (Å²) in [5.41, 5.74) is 0.592. The minimum Gasteiger partial charge on any atom is -0.447 e. The van der Waals surface area contributed by atoms with E-state index in [2.05, 4.69) is 15.4 Å². The van der Waals surface area contributed by atoms with Crippen LogP contribution in [0.2, 0.25) is 0 Å². The van der Waals surface area contributed by atoms with Crippen LogP contribution in [0.1, 0.15) is 10.5 Å². The third-order valence-corrected chi connectivity index (χ3v) is 4.16. The van der Waals surface area contributed by atoms with Gasteiger partial charge in [-0.1, -0.05) is 6.07 Å². The third kappa shape index (κ3) is 2.84. The lowest BCUT2D eigenvalue weighted by Crippen LogP contribution is -2.23. The van der Waals surface area contributed by atoms with Gasteiger partial charge in [-0.05, 0) is 12.1 Å². The normalized spacial score (nSPS) is 13.9. The van der Waals surface area contributed by atoms with Crippen LogP contribution in [-0.2, 0) is 11.8 Å². The number of hydrogen-bond donors (Lipinski definition) is 1. The molecule has 10 heteroatoms. The van der Waals surface area contributed by atoms with E-state index in [-0.39, 0.29) is 12.4 Å². The summed E-state index contributed by atoms with van der Waals surface area (Å²) in [4.78, 5) is 29.3. The molecule has 0 unspecified atom stereocenters. The summed E-state index contributed by atoms with van der Waals surface area (Å²) in [7, 11) is 1.67. The van der Waals surface area contributed by atoms with Crippen molar-refractivity contribution in [3.63, 3.8) is 0 Å². The second kappa shape index (κ2) is 6.31. The second-order valence-corrected chi connectivity index (χ2v) is 5.85. The number of benzene rings is 1. The highest BCUT2D eigenvalue weighted by Gasteiger charge is 2.28. The minimum absolute atomic E-state index is 0.123. The topological polar surface area (TPSA) is 89.3 Å². The van der Waals surface area contributed by atoms with Crippen molar-refractivity contribution in [1.82, 2.24) is 14.8 Å². The Balaban J connectivity index is 1.78. The Kier molecular flexibility index (Phi) is 3.94. The standard InChI is InChI=1S/C17H13F2N5O3/c1-23-11-3-2-4-12(24-5-6-27-17(24)26)13(11)15(22-23)21-16(25)14-10(19)7-9(18)8-20-14/h2-4,7-8H,5-6H2,1H3,(H,21,22,25). The van der Waals surface area contributed by atoms with Crippen LogP contribution in [0.15, 0.2) is 30.5 Å². The fourth-order valence-corrected chi connectivity index (χ4v) is 2.97. The van der Waals surface area contributed by atoms with E-state index >= 15 is 0 Å². The molecule has 0 saturated carbocycles. The molecule has 0 bridgehead atoms. The van der Waals surface area contributed by atoms with Gasteiger partial charge in [-0.2, -0.15) is 5.10 Å². The van der Waals surface area contributed by atoms with Crippen LogP contribution in [0.25, 0.3) is 10.9 Å². The number of rotatable bonds is 3. The lowest BCUT2D eigenvalue weighted by Gasteiger charge is -2.14. The molecule has 4 rings (SSSR count). The smallest absolute Gasteiger partial charge is 0.414 e. The lowest BCUT2D eigenvalue weighted by molar-refractivity contribution is 0.101. The number of carbonyl (C=O) groups excluding carboxylic acids is 2. The average Bonchev–Trinajstić information content (AvgIpc) is 3.18. The first-order chi connectivity index (χ1) is 13.0. The molecule has 0 spiro atoms. The van der Waals surface area contributed by atoms with Crippen LogP contribution < -0.4 is 10.2 Å². The van der Waals surface area contributed by atoms with Gasteiger partial charge in [0.05, 0.1) is 29.3 Å². The number of carbonyl (C=O) groups is 2. The first kappa shape index (κ1) is 16.9. The molecule has 0 aliphatic carbocycles. The van der Waals surface area contributed by atoms with Crippen LogP contribution >= 0.6 is 0 Å². The highest BCUT2D eigenvalue weighted by molar-refractivity contribution is 6.12. The highest BCUT2D eigenvalue weighted by atomic mass is 19.1. The zero-order chi connectivity index (χ0) is 19.1. The largest absolute Gasteiger partial charge is 0.447 e. The summed E-state index contributed by atoms with van der Waals surface area (Å²) in [6, 6.07) is 5.78. The van der Waals surface area contributed by atoms with Gasteiger partial charge in [0.15, 0.2) is 17.3 Å². The Morgan fingerprint density at radius 1 is 1.33 bits per heavy atom. The number of hydrogen-bond acceptors (Lipinski definition) is 5. The van der Waals surface area contributed by atoms with Crippen molar-refractivity contribution in [2.45, 2.75) is 0 Å². The van der Waals surface area contributed by atoms with Gasteiger partial charge in [-0.25, -0.2) is 18.6 Å². The number of anilines is 2. The molecular weight excluding hydrogens is 360 g/mol. The quantitative estimate of drug-likeness (QED) is 0.762. The molecule has 8 nitrogen and oxygen atoms in total. The van der Waals surface area contributed by atoms with Crippen molar-refractivity contribution in [3.8, 4) is 0 Å². The van der Waals surface area contributed by atoms with Crippen molar-refractivity contribution >= 4 is 34.4 Å². The van der Waals surface area contributed by atoms with Gasteiger partial charge in [0.2, 0.25) is 0 Å². The predicted molar refractivity (Wildman–Crippen MR) is 91.5 cm³/mol. The van der Waals surface area contributed by atoms with Crippen LogP contribution in [0.5, 0.6) is 0 Å². The highest BCUT2D eigenvalue weighted by Crippen LogP contribution is 2.34. The Labute approximate surface area is 151 Å².